The van der Waals surface area contributed by atoms with Gasteiger partial charge in [-0.15, -0.1) is 0 Å². The molecule has 0 unspecified atom stereocenters. The maximum Gasteiger partial charge on any atom is 0.321 e. The first kappa shape index (κ1) is 18.5. The minimum absolute atomic E-state index is 0.0197. The van der Waals surface area contributed by atoms with Gasteiger partial charge in [-0.2, -0.15) is 0 Å². The highest BCUT2D eigenvalue weighted by Gasteiger charge is 2.17. The molecule has 0 atom stereocenters. The lowest BCUT2D eigenvalue weighted by molar-refractivity contribution is 0.101. The topological polar surface area (TPSA) is 95.6 Å². The Morgan fingerprint density at radius 3 is 2.00 bits per heavy atom. The molecule has 7 nitrogen and oxygen atoms in total. The highest BCUT2D eigenvalue weighted by molar-refractivity contribution is 7.92. The maximum absolute atomic E-state index is 12.5. The molecular weight excluding hydrogens is 342 g/mol. The second-order valence-electron chi connectivity index (χ2n) is 5.56. The molecule has 2 aromatic rings. The van der Waals surface area contributed by atoms with E-state index in [0.717, 1.165) is 0 Å². The molecule has 25 heavy (non-hydrogen) atoms. The van der Waals surface area contributed by atoms with E-state index in [9.17, 15) is 18.0 Å². The molecule has 0 aliphatic rings. The lowest BCUT2D eigenvalue weighted by Gasteiger charge is -2.16. The number of ketones is 1. The number of nitrogens with zero attached hydrogens (tertiary/aromatic N) is 1. The summed E-state index contributed by atoms with van der Waals surface area (Å²) < 4.78 is 27.5. The molecule has 2 rings (SSSR count). The summed E-state index contributed by atoms with van der Waals surface area (Å²) in [5.41, 5.74) is 1.01. The number of amides is 2. The zero-order valence-electron chi connectivity index (χ0n) is 14.1. The maximum atomic E-state index is 12.5. The molecule has 2 N–H and O–H groups in total. The van der Waals surface area contributed by atoms with Gasteiger partial charge in [0.1, 0.15) is 0 Å². The smallest absolute Gasteiger partial charge is 0.321 e. The van der Waals surface area contributed by atoms with Crippen LogP contribution in [0.4, 0.5) is 16.2 Å². The summed E-state index contributed by atoms with van der Waals surface area (Å²) in [6, 6.07) is 11.7. The molecule has 0 spiro atoms. The van der Waals surface area contributed by atoms with E-state index < -0.39 is 10.0 Å². The molecule has 0 bridgehead atoms. The van der Waals surface area contributed by atoms with Crippen molar-refractivity contribution in [3.05, 3.63) is 54.1 Å². The average molecular weight is 361 g/mol. The van der Waals surface area contributed by atoms with Crippen LogP contribution in [-0.2, 0) is 10.0 Å². The normalized spacial score (nSPS) is 10.8. The summed E-state index contributed by atoms with van der Waals surface area (Å²) in [4.78, 5) is 24.5. The summed E-state index contributed by atoms with van der Waals surface area (Å²) in [6.45, 7) is 1.41. The third-order valence-electron chi connectivity index (χ3n) is 3.39. The zero-order valence-corrected chi connectivity index (χ0v) is 14.9. The largest absolute Gasteiger partial charge is 0.331 e. The first-order valence-electron chi connectivity index (χ1n) is 7.42. The van der Waals surface area contributed by atoms with E-state index in [-0.39, 0.29) is 22.4 Å². The van der Waals surface area contributed by atoms with Crippen molar-refractivity contribution in [3.63, 3.8) is 0 Å². The second kappa shape index (κ2) is 7.35. The molecule has 2 aromatic carbocycles. The quantitative estimate of drug-likeness (QED) is 0.801. The number of hydrogen-bond donors (Lipinski definition) is 2. The molecule has 0 heterocycles. The predicted octanol–water partition coefficient (Wildman–Crippen LogP) is 2.78. The van der Waals surface area contributed by atoms with E-state index >= 15 is 0 Å². The minimum Gasteiger partial charge on any atom is -0.331 e. The number of Topliss-reactive ketones (excluding diaryl/α,β-unsaturated/α-hetero) is 1. The van der Waals surface area contributed by atoms with Gasteiger partial charge in [0.05, 0.1) is 16.3 Å². The Bertz CT molecular complexity index is 890. The molecule has 0 aliphatic heterocycles. The monoisotopic (exact) mass is 361 g/mol. The van der Waals surface area contributed by atoms with Crippen molar-refractivity contribution in [3.8, 4) is 0 Å². The van der Waals surface area contributed by atoms with Crippen LogP contribution in [0, 0.1) is 0 Å². The van der Waals surface area contributed by atoms with E-state index in [1.807, 2.05) is 0 Å². The lowest BCUT2D eigenvalue weighted by atomic mass is 10.2. The molecule has 0 fully saturated rings. The standard InChI is InChI=1S/C17H19N3O4S/c1-12(21)13-8-10-14(11-9-13)25(23,24)19-16-7-5-4-6-15(16)18-17(22)20(2)3/h4-11,19H,1-3H3,(H,18,22). The van der Waals surface area contributed by atoms with Gasteiger partial charge >= 0.3 is 6.03 Å². The number of carbonyl (C=O) groups is 2. The molecule has 8 heteroatoms. The first-order valence-corrected chi connectivity index (χ1v) is 8.90. The van der Waals surface area contributed by atoms with E-state index in [1.165, 1.54) is 36.1 Å². The lowest BCUT2D eigenvalue weighted by Crippen LogP contribution is -2.28. The summed E-state index contributed by atoms with van der Waals surface area (Å²) in [6.07, 6.45) is 0. The Kier molecular flexibility index (Phi) is 5.43. The Morgan fingerprint density at radius 1 is 0.920 bits per heavy atom. The zero-order chi connectivity index (χ0) is 18.6. The van der Waals surface area contributed by atoms with Crippen molar-refractivity contribution >= 4 is 33.2 Å². The van der Waals surface area contributed by atoms with E-state index in [4.69, 9.17) is 0 Å². The van der Waals surface area contributed by atoms with Gasteiger partial charge in [-0.05, 0) is 31.2 Å². The summed E-state index contributed by atoms with van der Waals surface area (Å²) >= 11 is 0. The number of benzene rings is 2. The molecule has 0 saturated heterocycles. The number of nitrogens with one attached hydrogen (secondary N) is 2. The van der Waals surface area contributed by atoms with Gasteiger partial charge in [0.25, 0.3) is 10.0 Å². The number of urea groups is 1. The van der Waals surface area contributed by atoms with Crippen molar-refractivity contribution < 1.29 is 18.0 Å². The van der Waals surface area contributed by atoms with Crippen molar-refractivity contribution in [2.75, 3.05) is 24.1 Å². The fraction of sp³-hybridized carbons (Fsp3) is 0.176. The van der Waals surface area contributed by atoms with Crippen LogP contribution in [-0.4, -0.2) is 39.2 Å². The van der Waals surface area contributed by atoms with Gasteiger partial charge in [-0.25, -0.2) is 13.2 Å². The third kappa shape index (κ3) is 4.57. The van der Waals surface area contributed by atoms with Crippen LogP contribution in [0.25, 0.3) is 0 Å². The summed E-state index contributed by atoms with van der Waals surface area (Å²) in [7, 11) is -0.696. The number of hydrogen-bond acceptors (Lipinski definition) is 4. The SMILES string of the molecule is CC(=O)c1ccc(S(=O)(=O)Nc2ccccc2NC(=O)N(C)C)cc1. The number of carbonyl (C=O) groups excluding carboxylic acids is 2. The molecule has 0 radical (unpaired) electrons. The minimum atomic E-state index is -3.86. The Hall–Kier alpha value is -2.87. The predicted molar refractivity (Wildman–Crippen MR) is 96.4 cm³/mol. The van der Waals surface area contributed by atoms with Gasteiger partial charge in [0, 0.05) is 19.7 Å². The van der Waals surface area contributed by atoms with Crippen molar-refractivity contribution in [1.82, 2.24) is 4.90 Å². The van der Waals surface area contributed by atoms with Gasteiger partial charge in [-0.3, -0.25) is 9.52 Å². The van der Waals surface area contributed by atoms with Crippen LogP contribution < -0.4 is 10.0 Å². The Labute approximate surface area is 146 Å². The molecule has 0 aliphatic carbocycles. The van der Waals surface area contributed by atoms with Crippen LogP contribution in [0.3, 0.4) is 0 Å². The second-order valence-corrected chi connectivity index (χ2v) is 7.24. The Balaban J connectivity index is 2.29. The van der Waals surface area contributed by atoms with Crippen molar-refractivity contribution in [2.24, 2.45) is 0 Å². The molecule has 0 saturated carbocycles. The van der Waals surface area contributed by atoms with E-state index in [1.54, 1.807) is 38.4 Å². The van der Waals surface area contributed by atoms with Gasteiger partial charge in [0.15, 0.2) is 5.78 Å². The Morgan fingerprint density at radius 2 is 1.48 bits per heavy atom. The van der Waals surface area contributed by atoms with Crippen molar-refractivity contribution in [2.45, 2.75) is 11.8 Å². The van der Waals surface area contributed by atoms with E-state index in [2.05, 4.69) is 10.0 Å². The average Bonchev–Trinajstić information content (AvgIpc) is 2.56. The van der Waals surface area contributed by atoms with Crippen LogP contribution >= 0.6 is 0 Å². The van der Waals surface area contributed by atoms with Crippen LogP contribution in [0.15, 0.2) is 53.4 Å². The van der Waals surface area contributed by atoms with Crippen LogP contribution in [0.5, 0.6) is 0 Å². The van der Waals surface area contributed by atoms with Crippen LogP contribution in [0.2, 0.25) is 0 Å². The number of anilines is 2. The number of rotatable bonds is 5. The van der Waals surface area contributed by atoms with Crippen LogP contribution in [0.1, 0.15) is 17.3 Å². The third-order valence-corrected chi connectivity index (χ3v) is 4.77. The van der Waals surface area contributed by atoms with Gasteiger partial charge < -0.3 is 10.2 Å². The van der Waals surface area contributed by atoms with E-state index in [0.29, 0.717) is 11.3 Å². The molecular formula is C17H19N3O4S. The number of sulfonamides is 1. The summed E-state index contributed by atoms with van der Waals surface area (Å²) in [5, 5.41) is 2.62. The first-order chi connectivity index (χ1) is 11.7. The molecule has 132 valence electrons. The molecule has 2 amide bonds. The highest BCUT2D eigenvalue weighted by Crippen LogP contribution is 2.24. The number of para-hydroxylation sites is 2. The molecule has 0 aromatic heterocycles. The highest BCUT2D eigenvalue weighted by atomic mass is 32.2. The van der Waals surface area contributed by atoms with Crippen molar-refractivity contribution in [1.29, 1.82) is 0 Å². The van der Waals surface area contributed by atoms with Gasteiger partial charge in [0.2, 0.25) is 0 Å². The fourth-order valence-corrected chi connectivity index (χ4v) is 3.06. The fourth-order valence-electron chi connectivity index (χ4n) is 1.98. The van der Waals surface area contributed by atoms with Gasteiger partial charge in [-0.1, -0.05) is 24.3 Å². The summed E-state index contributed by atoms with van der Waals surface area (Å²) in [5.74, 6) is -0.145.